The van der Waals surface area contributed by atoms with Crippen LogP contribution < -0.4 is 4.90 Å². The largest absolute Gasteiger partial charge is 0.283 e. The summed E-state index contributed by atoms with van der Waals surface area (Å²) in [7, 11) is 0. The summed E-state index contributed by atoms with van der Waals surface area (Å²) < 4.78 is 1.44. The maximum Gasteiger partial charge on any atom is 0.283 e. The average molecular weight is 384 g/mol. The molecule has 2 aromatic carbocycles. The molecule has 26 heavy (non-hydrogen) atoms. The number of halogens is 2. The number of rotatable bonds is 2. The summed E-state index contributed by atoms with van der Waals surface area (Å²) in [5.74, 6) is 0.0720. The monoisotopic (exact) mass is 383 g/mol. The van der Waals surface area contributed by atoms with Crippen molar-refractivity contribution in [2.75, 3.05) is 4.90 Å². The number of anilines is 1. The second-order valence-corrected chi connectivity index (χ2v) is 6.32. The van der Waals surface area contributed by atoms with E-state index in [2.05, 4.69) is 15.1 Å². The minimum Gasteiger partial charge on any atom is -0.266 e. The van der Waals surface area contributed by atoms with Gasteiger partial charge in [0.05, 0.1) is 5.69 Å². The normalized spacial score (nSPS) is 15.6. The van der Waals surface area contributed by atoms with Crippen molar-refractivity contribution in [3.05, 3.63) is 82.5 Å². The lowest BCUT2D eigenvalue weighted by Crippen LogP contribution is -2.36. The van der Waals surface area contributed by atoms with Gasteiger partial charge in [-0.15, -0.1) is 0 Å². The smallest absolute Gasteiger partial charge is 0.266 e. The lowest BCUT2D eigenvalue weighted by molar-refractivity contribution is -0.113. The molecule has 1 aliphatic heterocycles. The molecule has 4 rings (SSSR count). The Labute approximate surface area is 159 Å². The Morgan fingerprint density at radius 3 is 2.19 bits per heavy atom. The molecular formula is C18H11Cl2N5O. The van der Waals surface area contributed by atoms with Gasteiger partial charge in [-0.2, -0.15) is 9.78 Å². The van der Waals surface area contributed by atoms with Crippen LogP contribution in [0.4, 0.5) is 5.69 Å². The fourth-order valence-electron chi connectivity index (χ4n) is 2.51. The Morgan fingerprint density at radius 1 is 0.923 bits per heavy atom. The summed E-state index contributed by atoms with van der Waals surface area (Å²) in [5.41, 5.74) is 1.73. The van der Waals surface area contributed by atoms with E-state index in [1.165, 1.54) is 22.2 Å². The molecule has 0 saturated carbocycles. The summed E-state index contributed by atoms with van der Waals surface area (Å²) in [6.45, 7) is 0. The fraction of sp³-hybridized carbons (Fsp3) is 0. The van der Waals surface area contributed by atoms with E-state index in [4.69, 9.17) is 23.2 Å². The van der Waals surface area contributed by atoms with E-state index in [0.29, 0.717) is 21.7 Å². The van der Waals surface area contributed by atoms with Gasteiger partial charge < -0.3 is 0 Å². The molecule has 1 amide bonds. The van der Waals surface area contributed by atoms with Crippen LogP contribution in [0.2, 0.25) is 10.0 Å². The molecule has 8 heteroatoms. The van der Waals surface area contributed by atoms with Gasteiger partial charge in [-0.1, -0.05) is 35.3 Å². The molecule has 0 atom stereocenters. The van der Waals surface area contributed by atoms with Crippen LogP contribution in [-0.2, 0) is 4.79 Å². The van der Waals surface area contributed by atoms with E-state index in [0.717, 1.165) is 5.56 Å². The first-order valence-corrected chi connectivity index (χ1v) is 8.38. The highest BCUT2D eigenvalue weighted by molar-refractivity contribution is 6.31. The first-order chi connectivity index (χ1) is 12.6. The predicted octanol–water partition coefficient (Wildman–Crippen LogP) is 3.88. The van der Waals surface area contributed by atoms with Crippen molar-refractivity contribution >= 4 is 46.8 Å². The zero-order chi connectivity index (χ0) is 18.1. The number of hydrogen-bond acceptors (Lipinski definition) is 4. The summed E-state index contributed by atoms with van der Waals surface area (Å²) >= 11 is 11.9. The maximum atomic E-state index is 13.0. The highest BCUT2D eigenvalue weighted by Crippen LogP contribution is 2.27. The van der Waals surface area contributed by atoms with Gasteiger partial charge in [-0.25, -0.2) is 14.9 Å². The van der Waals surface area contributed by atoms with Crippen molar-refractivity contribution < 1.29 is 4.79 Å². The van der Waals surface area contributed by atoms with E-state index in [-0.39, 0.29) is 11.6 Å². The number of benzene rings is 2. The third kappa shape index (κ3) is 3.12. The second kappa shape index (κ2) is 6.74. The molecule has 1 aromatic heterocycles. The Balaban J connectivity index is 1.79. The Hall–Kier alpha value is -2.96. The van der Waals surface area contributed by atoms with Crippen LogP contribution >= 0.6 is 23.2 Å². The number of carbonyl (C=O) groups excluding carboxylic acids is 1. The minimum absolute atomic E-state index is 0.271. The number of carbonyl (C=O) groups is 1. The maximum absolute atomic E-state index is 13.0. The molecule has 0 aliphatic carbocycles. The summed E-state index contributed by atoms with van der Waals surface area (Å²) in [4.78, 5) is 22.8. The third-order valence-electron chi connectivity index (χ3n) is 3.72. The van der Waals surface area contributed by atoms with Gasteiger partial charge in [-0.3, -0.25) is 4.79 Å². The Kier molecular flexibility index (Phi) is 4.28. The predicted molar refractivity (Wildman–Crippen MR) is 101 cm³/mol. The van der Waals surface area contributed by atoms with Crippen molar-refractivity contribution in [1.29, 1.82) is 0 Å². The van der Waals surface area contributed by atoms with Crippen LogP contribution in [-0.4, -0.2) is 26.6 Å². The van der Waals surface area contributed by atoms with Crippen molar-refractivity contribution in [1.82, 2.24) is 14.8 Å². The van der Waals surface area contributed by atoms with Crippen LogP contribution in [0.1, 0.15) is 5.56 Å². The Morgan fingerprint density at radius 2 is 1.58 bits per heavy atom. The second-order valence-electron chi connectivity index (χ2n) is 5.45. The van der Waals surface area contributed by atoms with E-state index in [9.17, 15) is 4.79 Å². The Bertz CT molecular complexity index is 1010. The van der Waals surface area contributed by atoms with Crippen molar-refractivity contribution in [2.45, 2.75) is 0 Å². The molecule has 0 fully saturated rings. The number of amides is 1. The zero-order valence-electron chi connectivity index (χ0n) is 13.3. The van der Waals surface area contributed by atoms with Crippen LogP contribution in [0.5, 0.6) is 0 Å². The molecular weight excluding hydrogens is 373 g/mol. The van der Waals surface area contributed by atoms with Gasteiger partial charge in [0.25, 0.3) is 5.91 Å². The lowest BCUT2D eigenvalue weighted by atomic mass is 10.2. The van der Waals surface area contributed by atoms with Gasteiger partial charge in [0.1, 0.15) is 18.4 Å². The van der Waals surface area contributed by atoms with E-state index >= 15 is 0 Å². The SMILES string of the molecule is O=C1/C(=C/c2ccc(Cl)cc2)N=C(n2cncn2)N1c1ccc(Cl)cc1. The van der Waals surface area contributed by atoms with Crippen molar-refractivity contribution in [3.63, 3.8) is 0 Å². The highest BCUT2D eigenvalue weighted by Gasteiger charge is 2.33. The van der Waals surface area contributed by atoms with Crippen LogP contribution in [0.3, 0.4) is 0 Å². The summed E-state index contributed by atoms with van der Waals surface area (Å²) in [6.07, 6.45) is 4.57. The van der Waals surface area contributed by atoms with Crippen LogP contribution in [0.25, 0.3) is 6.08 Å². The molecule has 0 saturated heterocycles. The van der Waals surface area contributed by atoms with Gasteiger partial charge in [0.15, 0.2) is 0 Å². The minimum atomic E-state index is -0.271. The molecule has 0 radical (unpaired) electrons. The molecule has 0 unspecified atom stereocenters. The van der Waals surface area contributed by atoms with Gasteiger partial charge in [-0.05, 0) is 48.0 Å². The first-order valence-electron chi connectivity index (χ1n) is 7.63. The van der Waals surface area contributed by atoms with Crippen molar-refractivity contribution in [2.24, 2.45) is 4.99 Å². The van der Waals surface area contributed by atoms with Crippen LogP contribution in [0, 0.1) is 0 Å². The highest BCUT2D eigenvalue weighted by atomic mass is 35.5. The van der Waals surface area contributed by atoms with E-state index < -0.39 is 0 Å². The molecule has 6 nitrogen and oxygen atoms in total. The quantitative estimate of drug-likeness (QED) is 0.630. The summed E-state index contributed by atoms with van der Waals surface area (Å²) in [6, 6.07) is 14.1. The first kappa shape index (κ1) is 16.5. The standard InChI is InChI=1S/C18H11Cl2N5O/c19-13-3-1-12(2-4-13)9-16-17(26)25(15-7-5-14(20)6-8-15)18(23-16)24-11-21-10-22-24/h1-11H/b16-9-. The van der Waals surface area contributed by atoms with Gasteiger partial charge in [0, 0.05) is 10.0 Å². The fourth-order valence-corrected chi connectivity index (χ4v) is 2.76. The average Bonchev–Trinajstić information content (AvgIpc) is 3.27. The molecule has 0 bridgehead atoms. The zero-order valence-corrected chi connectivity index (χ0v) is 14.8. The van der Waals surface area contributed by atoms with Gasteiger partial charge >= 0.3 is 0 Å². The lowest BCUT2D eigenvalue weighted by Gasteiger charge is -2.17. The van der Waals surface area contributed by atoms with Crippen LogP contribution in [0.15, 0.2) is 71.9 Å². The number of aromatic nitrogens is 3. The number of hydrogen-bond donors (Lipinski definition) is 0. The van der Waals surface area contributed by atoms with Crippen molar-refractivity contribution in [3.8, 4) is 0 Å². The molecule has 128 valence electrons. The van der Waals surface area contributed by atoms with E-state index in [1.54, 1.807) is 42.5 Å². The van der Waals surface area contributed by atoms with E-state index in [1.807, 2.05) is 12.1 Å². The summed E-state index contributed by atoms with van der Waals surface area (Å²) in [5, 5.41) is 5.29. The molecule has 2 heterocycles. The third-order valence-corrected chi connectivity index (χ3v) is 4.23. The molecule has 3 aromatic rings. The van der Waals surface area contributed by atoms with Gasteiger partial charge in [0.2, 0.25) is 5.96 Å². The number of aliphatic imine (C=N–C) groups is 1. The molecule has 0 N–H and O–H groups in total. The number of nitrogens with zero attached hydrogens (tertiary/aromatic N) is 5. The topological polar surface area (TPSA) is 63.4 Å². The molecule has 0 spiro atoms. The molecule has 1 aliphatic rings.